The number of rotatable bonds is 10. The number of carbonyl (C=O) groups is 1. The smallest absolute Gasteiger partial charge is 0.241 e. The van der Waals surface area contributed by atoms with Crippen LogP contribution < -0.4 is 10.1 Å². The Labute approximate surface area is 150 Å². The molecule has 4 nitrogen and oxygen atoms in total. The van der Waals surface area contributed by atoms with Crippen molar-refractivity contribution in [3.8, 4) is 5.75 Å². The molecule has 0 bridgehead atoms. The fourth-order valence-electron chi connectivity index (χ4n) is 2.84. The van der Waals surface area contributed by atoms with Crippen molar-refractivity contribution in [1.29, 1.82) is 0 Å². The summed E-state index contributed by atoms with van der Waals surface area (Å²) in [7, 11) is 0. The first-order valence-corrected chi connectivity index (χ1v) is 9.00. The number of amides is 1. The summed E-state index contributed by atoms with van der Waals surface area (Å²) >= 11 is 0. The van der Waals surface area contributed by atoms with Crippen molar-refractivity contribution in [3.63, 3.8) is 0 Å². The summed E-state index contributed by atoms with van der Waals surface area (Å²) in [6, 6.07) is 19.4. The average molecular weight is 340 g/mol. The van der Waals surface area contributed by atoms with Crippen molar-refractivity contribution in [2.45, 2.75) is 26.3 Å². The molecule has 0 heterocycles. The maximum Gasteiger partial charge on any atom is 0.241 e. The molecule has 2 rings (SSSR count). The molecule has 0 aliphatic heterocycles. The Kier molecular flexibility index (Phi) is 7.99. The highest BCUT2D eigenvalue weighted by molar-refractivity contribution is 5.83. The molecule has 1 N–H and O–H groups in total. The predicted octanol–water partition coefficient (Wildman–Crippen LogP) is 3.65. The van der Waals surface area contributed by atoms with E-state index in [0.717, 1.165) is 30.8 Å². The Balaban J connectivity index is 1.85. The number of para-hydroxylation sites is 1. The number of nitrogens with one attached hydrogen (secondary N) is 1. The lowest BCUT2D eigenvalue weighted by Crippen LogP contribution is -2.41. The molecule has 1 amide bonds. The number of ether oxygens (including phenoxy) is 1. The van der Waals surface area contributed by atoms with Crippen molar-refractivity contribution in [2.75, 3.05) is 26.2 Å². The second-order valence-electron chi connectivity index (χ2n) is 5.84. The van der Waals surface area contributed by atoms with Crippen molar-refractivity contribution in [1.82, 2.24) is 10.2 Å². The minimum absolute atomic E-state index is 0.0506. The molecule has 0 saturated heterocycles. The zero-order valence-electron chi connectivity index (χ0n) is 15.2. The van der Waals surface area contributed by atoms with E-state index in [0.29, 0.717) is 13.2 Å². The van der Waals surface area contributed by atoms with Crippen LogP contribution in [0.3, 0.4) is 0 Å². The summed E-state index contributed by atoms with van der Waals surface area (Å²) < 4.78 is 5.66. The molecule has 0 aliphatic rings. The minimum Gasteiger partial charge on any atom is -0.494 e. The number of hydrogen-bond acceptors (Lipinski definition) is 3. The van der Waals surface area contributed by atoms with Gasteiger partial charge < -0.3 is 10.1 Å². The highest BCUT2D eigenvalue weighted by atomic mass is 16.5. The van der Waals surface area contributed by atoms with Gasteiger partial charge in [0.2, 0.25) is 5.91 Å². The van der Waals surface area contributed by atoms with Crippen LogP contribution in [0.4, 0.5) is 0 Å². The van der Waals surface area contributed by atoms with E-state index in [4.69, 9.17) is 4.74 Å². The highest BCUT2D eigenvalue weighted by Crippen LogP contribution is 2.20. The molecular weight excluding hydrogens is 312 g/mol. The second-order valence-corrected chi connectivity index (χ2v) is 5.84. The van der Waals surface area contributed by atoms with Gasteiger partial charge in [-0.25, -0.2) is 0 Å². The molecule has 0 fully saturated rings. The molecule has 2 aromatic rings. The normalized spacial score (nSPS) is 12.0. The van der Waals surface area contributed by atoms with Crippen LogP contribution in [0.5, 0.6) is 5.75 Å². The summed E-state index contributed by atoms with van der Waals surface area (Å²) in [4.78, 5) is 14.9. The summed E-state index contributed by atoms with van der Waals surface area (Å²) in [6.45, 7) is 7.03. The maximum absolute atomic E-state index is 12.7. The van der Waals surface area contributed by atoms with Crippen LogP contribution in [0, 0.1) is 0 Å². The Morgan fingerprint density at radius 3 is 2.20 bits per heavy atom. The van der Waals surface area contributed by atoms with Gasteiger partial charge in [-0.05, 0) is 37.2 Å². The van der Waals surface area contributed by atoms with Gasteiger partial charge in [-0.15, -0.1) is 0 Å². The fraction of sp³-hybridized carbons (Fsp3) is 0.381. The first-order valence-electron chi connectivity index (χ1n) is 9.00. The molecule has 134 valence electrons. The molecule has 2 aromatic carbocycles. The molecule has 0 saturated carbocycles. The molecule has 0 radical (unpaired) electrons. The lowest BCUT2D eigenvalue weighted by molar-refractivity contribution is -0.126. The van der Waals surface area contributed by atoms with Crippen LogP contribution >= 0.6 is 0 Å². The van der Waals surface area contributed by atoms with Crippen molar-refractivity contribution < 1.29 is 9.53 Å². The summed E-state index contributed by atoms with van der Waals surface area (Å²) in [5, 5.41) is 3.06. The van der Waals surface area contributed by atoms with E-state index >= 15 is 0 Å². The predicted molar refractivity (Wildman–Crippen MR) is 102 cm³/mol. The third-order valence-electron chi connectivity index (χ3n) is 4.17. The third kappa shape index (κ3) is 5.91. The van der Waals surface area contributed by atoms with Gasteiger partial charge >= 0.3 is 0 Å². The SMILES string of the molecule is CCN(CC)C(C(=O)NCCCOc1ccccc1)c1ccccc1. The minimum atomic E-state index is -0.244. The van der Waals surface area contributed by atoms with E-state index in [1.54, 1.807) is 0 Å². The van der Waals surface area contributed by atoms with Gasteiger partial charge in [-0.2, -0.15) is 0 Å². The number of benzene rings is 2. The van der Waals surface area contributed by atoms with E-state index in [1.807, 2.05) is 60.7 Å². The summed E-state index contributed by atoms with van der Waals surface area (Å²) in [5.74, 6) is 0.911. The number of carbonyl (C=O) groups excluding carboxylic acids is 1. The lowest BCUT2D eigenvalue weighted by atomic mass is 10.0. The van der Waals surface area contributed by atoms with Gasteiger partial charge in [0.1, 0.15) is 11.8 Å². The van der Waals surface area contributed by atoms with Gasteiger partial charge in [0, 0.05) is 6.54 Å². The highest BCUT2D eigenvalue weighted by Gasteiger charge is 2.25. The van der Waals surface area contributed by atoms with Gasteiger partial charge in [0.05, 0.1) is 6.61 Å². The molecule has 0 aliphatic carbocycles. The summed E-state index contributed by atoms with van der Waals surface area (Å²) in [5.41, 5.74) is 1.03. The van der Waals surface area contributed by atoms with Crippen LogP contribution in [0.2, 0.25) is 0 Å². The molecule has 0 spiro atoms. The Hall–Kier alpha value is -2.33. The van der Waals surface area contributed by atoms with Crippen molar-refractivity contribution >= 4 is 5.91 Å². The molecule has 1 atom stereocenters. The molecule has 4 heteroatoms. The third-order valence-corrected chi connectivity index (χ3v) is 4.17. The quantitative estimate of drug-likeness (QED) is 0.671. The van der Waals surface area contributed by atoms with Crippen LogP contribution in [0.1, 0.15) is 31.9 Å². The van der Waals surface area contributed by atoms with Gasteiger partial charge in [0.25, 0.3) is 0 Å². The number of nitrogens with zero attached hydrogens (tertiary/aromatic N) is 1. The molecule has 1 unspecified atom stereocenters. The van der Waals surface area contributed by atoms with Gasteiger partial charge in [-0.3, -0.25) is 9.69 Å². The zero-order chi connectivity index (χ0) is 17.9. The largest absolute Gasteiger partial charge is 0.494 e. The zero-order valence-corrected chi connectivity index (χ0v) is 15.2. The van der Waals surface area contributed by atoms with Crippen LogP contribution in [0.25, 0.3) is 0 Å². The summed E-state index contributed by atoms with van der Waals surface area (Å²) in [6.07, 6.45) is 0.778. The Morgan fingerprint density at radius 2 is 1.60 bits per heavy atom. The van der Waals surface area contributed by atoms with Gasteiger partial charge in [-0.1, -0.05) is 62.4 Å². The number of likely N-dealkylation sites (N-methyl/N-ethyl adjacent to an activating group) is 1. The Morgan fingerprint density at radius 1 is 1.00 bits per heavy atom. The standard InChI is InChI=1S/C21H28N2O2/c1-3-23(4-2)20(18-12-7-5-8-13-18)21(24)22-16-11-17-25-19-14-9-6-10-15-19/h5-10,12-15,20H,3-4,11,16-17H2,1-2H3,(H,22,24). The van der Waals surface area contributed by atoms with E-state index in [9.17, 15) is 4.79 Å². The molecule has 0 aromatic heterocycles. The molecule has 25 heavy (non-hydrogen) atoms. The monoisotopic (exact) mass is 340 g/mol. The van der Waals surface area contributed by atoms with Crippen LogP contribution in [0.15, 0.2) is 60.7 Å². The van der Waals surface area contributed by atoms with E-state index in [-0.39, 0.29) is 11.9 Å². The second kappa shape index (κ2) is 10.5. The molecular formula is C21H28N2O2. The first-order chi connectivity index (χ1) is 12.3. The lowest BCUT2D eigenvalue weighted by Gasteiger charge is -2.29. The van der Waals surface area contributed by atoms with Crippen molar-refractivity contribution in [3.05, 3.63) is 66.2 Å². The number of hydrogen-bond donors (Lipinski definition) is 1. The van der Waals surface area contributed by atoms with E-state index < -0.39 is 0 Å². The first kappa shape index (κ1) is 19.0. The van der Waals surface area contributed by atoms with E-state index in [2.05, 4.69) is 24.1 Å². The van der Waals surface area contributed by atoms with Crippen molar-refractivity contribution in [2.24, 2.45) is 0 Å². The van der Waals surface area contributed by atoms with Crippen LogP contribution in [-0.4, -0.2) is 37.0 Å². The average Bonchev–Trinajstić information content (AvgIpc) is 2.67. The maximum atomic E-state index is 12.7. The Bertz CT molecular complexity index is 612. The van der Waals surface area contributed by atoms with Gasteiger partial charge in [0.15, 0.2) is 0 Å². The fourth-order valence-corrected chi connectivity index (χ4v) is 2.84. The van der Waals surface area contributed by atoms with Crippen LogP contribution in [-0.2, 0) is 4.79 Å². The van der Waals surface area contributed by atoms with E-state index in [1.165, 1.54) is 0 Å². The topological polar surface area (TPSA) is 41.6 Å².